The van der Waals surface area contributed by atoms with Gasteiger partial charge in [0.2, 0.25) is 11.7 Å². The summed E-state index contributed by atoms with van der Waals surface area (Å²) in [7, 11) is 0. The van der Waals surface area contributed by atoms with Crippen molar-refractivity contribution >= 4 is 27.3 Å². The molecule has 0 fully saturated rings. The van der Waals surface area contributed by atoms with E-state index in [1.165, 1.54) is 40.4 Å². The second-order valence-electron chi connectivity index (χ2n) is 7.51. The summed E-state index contributed by atoms with van der Waals surface area (Å²) in [5.74, 6) is -1.59. The van der Waals surface area contributed by atoms with Gasteiger partial charge in [-0.2, -0.15) is 0 Å². The smallest absolute Gasteiger partial charge is 0.242 e. The number of aromatic hydroxyl groups is 3. The van der Waals surface area contributed by atoms with Crippen molar-refractivity contribution in [2.24, 2.45) is 0 Å². The highest BCUT2D eigenvalue weighted by Crippen LogP contribution is 2.45. The number of benzene rings is 2. The predicted molar refractivity (Wildman–Crippen MR) is 121 cm³/mol. The lowest BCUT2D eigenvalue weighted by molar-refractivity contribution is 0.101. The van der Waals surface area contributed by atoms with Gasteiger partial charge in [0.1, 0.15) is 5.75 Å². The molecule has 3 heterocycles. The van der Waals surface area contributed by atoms with Crippen LogP contribution in [0.15, 0.2) is 59.2 Å². The number of carbonyl (C=O) groups is 1. The number of phenols is 1. The standard InChI is InChI=1S/C24H18N2O5S/c1-12-10-13(2)19-17(11-12)32-24(25-19)26-20(14-5-7-15(27)8-6-14)18(22(29)23(26)30)21(28)16-4-3-9-31-16/h3-11,27,29-30H,1-2H3. The second kappa shape index (κ2) is 7.28. The summed E-state index contributed by atoms with van der Waals surface area (Å²) < 4.78 is 7.52. The number of fused-ring (bicyclic) bond motifs is 1. The lowest BCUT2D eigenvalue weighted by atomic mass is 10.0. The molecule has 0 radical (unpaired) electrons. The van der Waals surface area contributed by atoms with Crippen LogP contribution in [0.1, 0.15) is 27.2 Å². The summed E-state index contributed by atoms with van der Waals surface area (Å²) in [5, 5.41) is 31.8. The van der Waals surface area contributed by atoms with Crippen LogP contribution in [0.2, 0.25) is 0 Å². The molecule has 3 N–H and O–H groups in total. The molecule has 0 aliphatic heterocycles. The zero-order valence-electron chi connectivity index (χ0n) is 17.2. The van der Waals surface area contributed by atoms with Gasteiger partial charge in [-0.25, -0.2) is 4.98 Å². The summed E-state index contributed by atoms with van der Waals surface area (Å²) in [4.78, 5) is 17.9. The van der Waals surface area contributed by atoms with E-state index in [1.807, 2.05) is 26.0 Å². The highest BCUT2D eigenvalue weighted by atomic mass is 32.1. The quantitative estimate of drug-likeness (QED) is 0.323. The van der Waals surface area contributed by atoms with Crippen LogP contribution in [0.3, 0.4) is 0 Å². The molecular weight excluding hydrogens is 428 g/mol. The molecule has 8 heteroatoms. The van der Waals surface area contributed by atoms with Gasteiger partial charge < -0.3 is 19.7 Å². The molecule has 2 aromatic carbocycles. The number of thiazole rings is 1. The van der Waals surface area contributed by atoms with Crippen LogP contribution in [0, 0.1) is 13.8 Å². The summed E-state index contributed by atoms with van der Waals surface area (Å²) in [6, 6.07) is 13.2. The third-order valence-electron chi connectivity index (χ3n) is 5.24. The van der Waals surface area contributed by atoms with Crippen molar-refractivity contribution in [1.82, 2.24) is 9.55 Å². The summed E-state index contributed by atoms with van der Waals surface area (Å²) in [5.41, 5.74) is 3.47. The molecule has 5 aromatic rings. The first-order valence-corrected chi connectivity index (χ1v) is 10.6. The topological polar surface area (TPSA) is 109 Å². The van der Waals surface area contributed by atoms with E-state index < -0.39 is 17.4 Å². The van der Waals surface area contributed by atoms with Crippen LogP contribution in [-0.4, -0.2) is 30.7 Å². The molecule has 32 heavy (non-hydrogen) atoms. The van der Waals surface area contributed by atoms with E-state index in [-0.39, 0.29) is 22.8 Å². The third-order valence-corrected chi connectivity index (χ3v) is 6.23. The SMILES string of the molecule is Cc1cc(C)c2nc(-n3c(O)c(O)c(C(=O)c4ccco4)c3-c3ccc(O)cc3)sc2c1. The highest BCUT2D eigenvalue weighted by molar-refractivity contribution is 7.20. The van der Waals surface area contributed by atoms with Gasteiger partial charge in [0.05, 0.1) is 27.7 Å². The first-order chi connectivity index (χ1) is 15.3. The maximum Gasteiger partial charge on any atom is 0.242 e. The average Bonchev–Trinajstić information content (AvgIpc) is 3.48. The number of hydrogen-bond acceptors (Lipinski definition) is 7. The molecule has 160 valence electrons. The maximum atomic E-state index is 13.2. The van der Waals surface area contributed by atoms with Gasteiger partial charge in [0.15, 0.2) is 16.6 Å². The van der Waals surface area contributed by atoms with Gasteiger partial charge >= 0.3 is 0 Å². The predicted octanol–water partition coefficient (Wildman–Crippen LogP) is 5.31. The van der Waals surface area contributed by atoms with E-state index in [4.69, 9.17) is 9.40 Å². The Morgan fingerprint density at radius 1 is 1.06 bits per heavy atom. The number of aromatic nitrogens is 2. The molecular formula is C24H18N2O5S. The number of furan rings is 1. The molecule has 0 aliphatic rings. The summed E-state index contributed by atoms with van der Waals surface area (Å²) in [6.45, 7) is 3.95. The molecule has 0 unspecified atom stereocenters. The van der Waals surface area contributed by atoms with Crippen LogP contribution < -0.4 is 0 Å². The molecule has 0 saturated heterocycles. The van der Waals surface area contributed by atoms with Crippen molar-refractivity contribution in [2.75, 3.05) is 0 Å². The fourth-order valence-corrected chi connectivity index (χ4v) is 4.98. The van der Waals surface area contributed by atoms with Crippen molar-refractivity contribution in [3.8, 4) is 33.8 Å². The van der Waals surface area contributed by atoms with Gasteiger partial charge in [-0.15, -0.1) is 0 Å². The molecule has 0 aliphatic carbocycles. The molecule has 0 atom stereocenters. The molecule has 7 nitrogen and oxygen atoms in total. The minimum absolute atomic E-state index is 0.0215. The number of ketones is 1. The Balaban J connectivity index is 1.83. The Morgan fingerprint density at radius 3 is 2.50 bits per heavy atom. The molecule has 0 saturated carbocycles. The van der Waals surface area contributed by atoms with Gasteiger partial charge in [0, 0.05) is 0 Å². The number of aryl methyl sites for hydroxylation is 2. The highest BCUT2D eigenvalue weighted by Gasteiger charge is 2.32. The lowest BCUT2D eigenvalue weighted by Crippen LogP contribution is -2.04. The molecule has 3 aromatic heterocycles. The second-order valence-corrected chi connectivity index (χ2v) is 8.52. The number of rotatable bonds is 4. The largest absolute Gasteiger partial charge is 0.508 e. The van der Waals surface area contributed by atoms with E-state index in [9.17, 15) is 20.1 Å². The Labute approximate surface area is 186 Å². The van der Waals surface area contributed by atoms with Gasteiger partial charge in [-0.05, 0) is 73.0 Å². The van der Waals surface area contributed by atoms with E-state index >= 15 is 0 Å². The fraction of sp³-hybridized carbons (Fsp3) is 0.0833. The van der Waals surface area contributed by atoms with Crippen molar-refractivity contribution in [1.29, 1.82) is 0 Å². The van der Waals surface area contributed by atoms with Crippen LogP contribution in [-0.2, 0) is 0 Å². The number of carbonyl (C=O) groups excluding carboxylic acids is 1. The zero-order valence-corrected chi connectivity index (χ0v) is 18.0. The third kappa shape index (κ3) is 3.04. The molecule has 5 rings (SSSR count). The zero-order chi connectivity index (χ0) is 22.6. The number of hydrogen-bond donors (Lipinski definition) is 3. The van der Waals surface area contributed by atoms with Gasteiger partial charge in [0.25, 0.3) is 0 Å². The normalized spacial score (nSPS) is 11.3. The van der Waals surface area contributed by atoms with E-state index in [0.29, 0.717) is 10.7 Å². The van der Waals surface area contributed by atoms with Crippen LogP contribution in [0.5, 0.6) is 17.4 Å². The van der Waals surface area contributed by atoms with Gasteiger partial charge in [-0.1, -0.05) is 17.4 Å². The monoisotopic (exact) mass is 446 g/mol. The van der Waals surface area contributed by atoms with E-state index in [0.717, 1.165) is 21.3 Å². The molecule has 0 bridgehead atoms. The Hall–Kier alpha value is -4.04. The van der Waals surface area contributed by atoms with Crippen molar-refractivity contribution < 1.29 is 24.5 Å². The van der Waals surface area contributed by atoms with Gasteiger partial charge in [-0.3, -0.25) is 9.36 Å². The Kier molecular flexibility index (Phi) is 4.53. The first kappa shape index (κ1) is 19.9. The number of phenolic OH excluding ortho intramolecular Hbond substituents is 1. The number of nitrogens with zero attached hydrogens (tertiary/aromatic N) is 2. The first-order valence-electron chi connectivity index (χ1n) is 9.77. The molecule has 0 spiro atoms. The van der Waals surface area contributed by atoms with Crippen molar-refractivity contribution in [2.45, 2.75) is 13.8 Å². The average molecular weight is 446 g/mol. The van der Waals surface area contributed by atoms with Crippen LogP contribution in [0.25, 0.3) is 26.6 Å². The maximum absolute atomic E-state index is 13.2. The lowest BCUT2D eigenvalue weighted by Gasteiger charge is -2.09. The van der Waals surface area contributed by atoms with Crippen LogP contribution in [0.4, 0.5) is 0 Å². The molecule has 0 amide bonds. The minimum Gasteiger partial charge on any atom is -0.508 e. The Morgan fingerprint density at radius 2 is 1.81 bits per heavy atom. The summed E-state index contributed by atoms with van der Waals surface area (Å²) >= 11 is 1.33. The summed E-state index contributed by atoms with van der Waals surface area (Å²) in [6.07, 6.45) is 1.36. The minimum atomic E-state index is -0.585. The Bertz CT molecular complexity index is 1480. The fourth-order valence-electron chi connectivity index (χ4n) is 3.83. The van der Waals surface area contributed by atoms with Crippen molar-refractivity contribution in [3.05, 3.63) is 77.2 Å². The van der Waals surface area contributed by atoms with E-state index in [1.54, 1.807) is 18.2 Å². The van der Waals surface area contributed by atoms with Crippen LogP contribution >= 0.6 is 11.3 Å². The van der Waals surface area contributed by atoms with Crippen molar-refractivity contribution in [3.63, 3.8) is 0 Å². The van der Waals surface area contributed by atoms with E-state index in [2.05, 4.69) is 0 Å².